The van der Waals surface area contributed by atoms with Crippen molar-refractivity contribution in [1.82, 2.24) is 20.3 Å². The van der Waals surface area contributed by atoms with E-state index in [4.69, 9.17) is 0 Å². The Labute approximate surface area is 169 Å². The summed E-state index contributed by atoms with van der Waals surface area (Å²) in [7, 11) is 0. The minimum atomic E-state index is -4.55. The second-order valence-electron chi connectivity index (χ2n) is 6.96. The molecular weight excluding hydrogens is 403 g/mol. The van der Waals surface area contributed by atoms with Crippen LogP contribution in [-0.4, -0.2) is 58.7 Å². The van der Waals surface area contributed by atoms with Crippen LogP contribution >= 0.6 is 0 Å². The van der Waals surface area contributed by atoms with Crippen molar-refractivity contribution in [2.24, 2.45) is 0 Å². The summed E-state index contributed by atoms with van der Waals surface area (Å²) in [6.45, 7) is -0.182. The lowest BCUT2D eigenvalue weighted by atomic mass is 10.0. The van der Waals surface area contributed by atoms with Gasteiger partial charge < -0.3 is 10.2 Å². The van der Waals surface area contributed by atoms with Crippen LogP contribution in [0.2, 0.25) is 0 Å². The Balaban J connectivity index is 1.64. The lowest BCUT2D eigenvalue weighted by molar-refractivity contribution is -0.123. The number of rotatable bonds is 3. The third-order valence-electron chi connectivity index (χ3n) is 4.85. The summed E-state index contributed by atoms with van der Waals surface area (Å²) in [6, 6.07) is 4.38. The van der Waals surface area contributed by atoms with E-state index in [0.717, 1.165) is 19.4 Å². The Morgan fingerprint density at radius 3 is 2.80 bits per heavy atom. The van der Waals surface area contributed by atoms with Crippen molar-refractivity contribution >= 4 is 29.3 Å². The number of fused-ring (bicyclic) bond motifs is 4. The van der Waals surface area contributed by atoms with E-state index in [2.05, 4.69) is 20.3 Å². The number of nitrogens with one attached hydrogen (secondary N) is 2. The molecule has 2 N–H and O–H groups in total. The van der Waals surface area contributed by atoms with Crippen LogP contribution in [0.5, 0.6) is 0 Å². The molecule has 2 bridgehead atoms. The maximum Gasteiger partial charge on any atom is 0.405 e. The fourth-order valence-electron chi connectivity index (χ4n) is 3.56. The lowest BCUT2D eigenvalue weighted by Crippen LogP contribution is -2.56. The van der Waals surface area contributed by atoms with Gasteiger partial charge in [0.25, 0.3) is 5.91 Å². The number of piperidine rings is 1. The maximum atomic E-state index is 13.0. The van der Waals surface area contributed by atoms with Gasteiger partial charge in [-0.05, 0) is 25.0 Å². The van der Waals surface area contributed by atoms with Gasteiger partial charge in [-0.1, -0.05) is 6.07 Å². The minimum Gasteiger partial charge on any atom is -0.365 e. The number of aromatic nitrogens is 3. The minimum absolute atomic E-state index is 0.187. The van der Waals surface area contributed by atoms with Crippen LogP contribution in [0.4, 0.5) is 35.3 Å². The third-order valence-corrected chi connectivity index (χ3v) is 4.85. The van der Waals surface area contributed by atoms with E-state index < -0.39 is 30.5 Å². The first-order valence-electron chi connectivity index (χ1n) is 9.30. The van der Waals surface area contributed by atoms with Gasteiger partial charge in [-0.15, -0.1) is 0 Å². The smallest absolute Gasteiger partial charge is 0.365 e. The summed E-state index contributed by atoms with van der Waals surface area (Å²) >= 11 is 0. The molecule has 1 saturated heterocycles. The lowest BCUT2D eigenvalue weighted by Gasteiger charge is -2.45. The molecule has 158 valence electrons. The Hall–Kier alpha value is -3.44. The predicted octanol–water partition coefficient (Wildman–Crippen LogP) is 2.18. The summed E-state index contributed by atoms with van der Waals surface area (Å²) in [5, 5.41) is 4.45. The fraction of sp³-hybridized carbons (Fsp3) is 0.389. The van der Waals surface area contributed by atoms with E-state index in [0.29, 0.717) is 18.1 Å². The SMILES string of the molecule is O=C(NCC(F)(F)F)c1ncc2c(n1)N(C(=O)Nc1ccccn1)[C@H]1CCCN2C1. The molecule has 9 nitrogen and oxygen atoms in total. The van der Waals surface area contributed by atoms with Crippen molar-refractivity contribution in [2.45, 2.75) is 25.1 Å². The number of alkyl halides is 3. The van der Waals surface area contributed by atoms with Gasteiger partial charge in [0, 0.05) is 19.3 Å². The van der Waals surface area contributed by atoms with Gasteiger partial charge >= 0.3 is 12.2 Å². The molecule has 30 heavy (non-hydrogen) atoms. The van der Waals surface area contributed by atoms with E-state index in [-0.39, 0.29) is 11.9 Å². The molecule has 3 amide bonds. The molecule has 1 atom stereocenters. The van der Waals surface area contributed by atoms with Crippen LogP contribution in [0.15, 0.2) is 30.6 Å². The normalized spacial score (nSPS) is 17.9. The summed E-state index contributed by atoms with van der Waals surface area (Å²) in [5.41, 5.74) is 0.550. The molecule has 0 aromatic carbocycles. The number of halogens is 3. The number of anilines is 3. The first-order valence-corrected chi connectivity index (χ1v) is 9.30. The zero-order valence-corrected chi connectivity index (χ0v) is 15.7. The molecule has 0 saturated carbocycles. The third kappa shape index (κ3) is 4.11. The number of hydrogen-bond acceptors (Lipinski definition) is 6. The molecule has 0 unspecified atom stereocenters. The van der Waals surface area contributed by atoms with Crippen molar-refractivity contribution < 1.29 is 22.8 Å². The second-order valence-corrected chi connectivity index (χ2v) is 6.96. The average Bonchev–Trinajstić information content (AvgIpc) is 2.72. The molecule has 4 heterocycles. The summed E-state index contributed by atoms with van der Waals surface area (Å²) in [6.07, 6.45) is -0.0710. The van der Waals surface area contributed by atoms with Crippen molar-refractivity contribution in [3.8, 4) is 0 Å². The van der Waals surface area contributed by atoms with E-state index in [1.807, 2.05) is 4.90 Å². The van der Waals surface area contributed by atoms with E-state index in [1.54, 1.807) is 23.5 Å². The standard InChI is InChI=1S/C18H18F3N7O2/c19-18(20,21)10-24-16(29)14-23-8-12-15(26-14)28(11-4-3-7-27(12)9-11)17(30)25-13-5-1-2-6-22-13/h1-2,5-6,8,11H,3-4,7,9-10H2,(H,24,29)(H,22,25,30)/t11-/m0/s1. The highest BCUT2D eigenvalue weighted by Crippen LogP contribution is 2.37. The van der Waals surface area contributed by atoms with Crippen molar-refractivity contribution in [1.29, 1.82) is 0 Å². The molecule has 0 spiro atoms. The second kappa shape index (κ2) is 7.76. The van der Waals surface area contributed by atoms with Gasteiger partial charge in [0.05, 0.1) is 17.9 Å². The number of carbonyl (C=O) groups is 2. The Morgan fingerprint density at radius 2 is 2.07 bits per heavy atom. The van der Waals surface area contributed by atoms with Gasteiger partial charge in [0.15, 0.2) is 5.82 Å². The summed E-state index contributed by atoms with van der Waals surface area (Å²) in [4.78, 5) is 40.7. The van der Waals surface area contributed by atoms with Crippen LogP contribution in [0.3, 0.4) is 0 Å². The van der Waals surface area contributed by atoms with Crippen LogP contribution in [0.1, 0.15) is 23.5 Å². The fourth-order valence-corrected chi connectivity index (χ4v) is 3.56. The van der Waals surface area contributed by atoms with E-state index in [9.17, 15) is 22.8 Å². The number of amides is 3. The van der Waals surface area contributed by atoms with Crippen LogP contribution in [0, 0.1) is 0 Å². The Kier molecular flexibility index (Phi) is 5.14. The molecule has 0 aliphatic carbocycles. The van der Waals surface area contributed by atoms with Gasteiger partial charge in [-0.3, -0.25) is 15.0 Å². The van der Waals surface area contributed by atoms with Crippen LogP contribution < -0.4 is 20.4 Å². The maximum absolute atomic E-state index is 13.0. The number of hydrogen-bond donors (Lipinski definition) is 2. The van der Waals surface area contributed by atoms with Crippen molar-refractivity contribution in [2.75, 3.05) is 34.8 Å². The number of nitrogens with zero attached hydrogens (tertiary/aromatic N) is 5. The monoisotopic (exact) mass is 421 g/mol. The zero-order valence-electron chi connectivity index (χ0n) is 15.7. The Morgan fingerprint density at radius 1 is 1.23 bits per heavy atom. The number of pyridine rings is 1. The molecule has 2 aliphatic rings. The predicted molar refractivity (Wildman–Crippen MR) is 101 cm³/mol. The molecule has 2 aromatic heterocycles. The molecule has 1 fully saturated rings. The zero-order chi connectivity index (χ0) is 21.3. The topological polar surface area (TPSA) is 103 Å². The van der Waals surface area contributed by atoms with Crippen LogP contribution in [-0.2, 0) is 0 Å². The van der Waals surface area contributed by atoms with Gasteiger partial charge in [0.1, 0.15) is 12.4 Å². The average molecular weight is 421 g/mol. The highest BCUT2D eigenvalue weighted by molar-refractivity contribution is 6.04. The first kappa shape index (κ1) is 19.9. The van der Waals surface area contributed by atoms with Crippen molar-refractivity contribution in [3.63, 3.8) is 0 Å². The molecule has 12 heteroatoms. The largest absolute Gasteiger partial charge is 0.405 e. The summed E-state index contributed by atoms with van der Waals surface area (Å²) in [5.74, 6) is -0.966. The first-order chi connectivity index (χ1) is 14.3. The van der Waals surface area contributed by atoms with Crippen LogP contribution in [0.25, 0.3) is 0 Å². The molecule has 4 rings (SSSR count). The summed E-state index contributed by atoms with van der Waals surface area (Å²) < 4.78 is 37.2. The van der Waals surface area contributed by atoms with E-state index in [1.165, 1.54) is 17.3 Å². The molecule has 2 aliphatic heterocycles. The Bertz CT molecular complexity index is 955. The highest BCUT2D eigenvalue weighted by atomic mass is 19.4. The van der Waals surface area contributed by atoms with Gasteiger partial charge in [-0.25, -0.2) is 19.7 Å². The molecular formula is C18H18F3N7O2. The quantitative estimate of drug-likeness (QED) is 0.788. The molecule has 0 radical (unpaired) electrons. The highest BCUT2D eigenvalue weighted by Gasteiger charge is 2.39. The van der Waals surface area contributed by atoms with Gasteiger partial charge in [0.2, 0.25) is 5.82 Å². The molecule has 2 aromatic rings. The van der Waals surface area contributed by atoms with E-state index >= 15 is 0 Å². The number of urea groups is 1. The van der Waals surface area contributed by atoms with Crippen molar-refractivity contribution in [3.05, 3.63) is 36.4 Å². The van der Waals surface area contributed by atoms with Gasteiger partial charge in [-0.2, -0.15) is 13.2 Å². The number of carbonyl (C=O) groups excluding carboxylic acids is 2.